The number of nitrogens with zero attached hydrogens (tertiary/aromatic N) is 4. The molecule has 398 valence electrons. The summed E-state index contributed by atoms with van der Waals surface area (Å²) >= 11 is 0. The van der Waals surface area contributed by atoms with Crippen molar-refractivity contribution < 1.29 is 9.15 Å². The second-order valence-electron chi connectivity index (χ2n) is 21.4. The molecule has 13 aromatic rings. The van der Waals surface area contributed by atoms with Crippen LogP contribution in [0.2, 0.25) is 0 Å². The lowest BCUT2D eigenvalue weighted by atomic mass is 9.86. The number of rotatable bonds is 8. The van der Waals surface area contributed by atoms with Gasteiger partial charge in [0.2, 0.25) is 0 Å². The zero-order valence-corrected chi connectivity index (χ0v) is 45.2. The first-order chi connectivity index (χ1) is 41.5. The molecule has 0 saturated carbocycles. The predicted octanol–water partition coefficient (Wildman–Crippen LogP) is 17.0. The fourth-order valence-electron chi connectivity index (χ4n) is 12.6. The number of nitrogens with one attached hydrogen (secondary N) is 4. The van der Waals surface area contributed by atoms with Gasteiger partial charge in [-0.25, -0.2) is 9.98 Å². The van der Waals surface area contributed by atoms with Gasteiger partial charge in [0, 0.05) is 38.6 Å². The molecule has 16 rings (SSSR count). The summed E-state index contributed by atoms with van der Waals surface area (Å²) in [6.45, 7) is 0. The smallest absolute Gasteiger partial charge is 0.154 e. The number of para-hydroxylation sites is 2. The molecule has 1 aliphatic carbocycles. The number of hydrazine groups is 1. The molecule has 84 heavy (non-hydrogen) atoms. The Bertz CT molecular complexity index is 5010. The quantitative estimate of drug-likeness (QED) is 0.0890. The molecule has 2 aliphatic heterocycles. The summed E-state index contributed by atoms with van der Waals surface area (Å²) in [7, 11) is 0. The van der Waals surface area contributed by atoms with Gasteiger partial charge in [-0.3, -0.25) is 31.4 Å². The lowest BCUT2D eigenvalue weighted by Crippen LogP contribution is -2.48. The first kappa shape index (κ1) is 48.5. The van der Waals surface area contributed by atoms with Crippen molar-refractivity contribution >= 4 is 83.5 Å². The molecule has 2 unspecified atom stereocenters. The van der Waals surface area contributed by atoms with Gasteiger partial charge in [0.25, 0.3) is 0 Å². The van der Waals surface area contributed by atoms with Crippen molar-refractivity contribution in [1.82, 2.24) is 10.1 Å². The molecule has 11 aromatic carbocycles. The zero-order chi connectivity index (χ0) is 55.8. The normalized spacial score (nSPS) is 15.2. The highest BCUT2D eigenvalue weighted by molar-refractivity contribution is 6.27. The fourth-order valence-corrected chi connectivity index (χ4v) is 12.6. The Balaban J connectivity index is 0.724. The van der Waals surface area contributed by atoms with E-state index in [0.717, 1.165) is 116 Å². The van der Waals surface area contributed by atoms with Gasteiger partial charge in [-0.05, 0) is 110 Å². The molecule has 0 bridgehead atoms. The number of aliphatic imine (C=N–C) groups is 2. The van der Waals surface area contributed by atoms with E-state index >= 15 is 0 Å². The van der Waals surface area contributed by atoms with E-state index in [1.165, 1.54) is 5.56 Å². The van der Waals surface area contributed by atoms with Gasteiger partial charge in [0.05, 0.1) is 34.1 Å². The number of fused-ring (bicyclic) bond motifs is 5. The summed E-state index contributed by atoms with van der Waals surface area (Å²) in [5, 5.41) is 27.5. The Hall–Kier alpha value is -11.4. The minimum Gasteiger partial charge on any atom is -0.460 e. The molecule has 0 radical (unpaired) electrons. The SMILES string of the molecule is N=C(N=C(NN1c2cccc3c2C2C(=CC=CC21)Oc1ccccc1-3)c1ccccc1)c1ccc(-c2cccc(-c3cccc(C(=NC(=N)c4ccc5ccccc5c4)Nn4c5cccc6oc7ccccc7c7cccc4c7c65)c3)c2)cc1. The van der Waals surface area contributed by atoms with Gasteiger partial charge in [-0.15, -0.1) is 0 Å². The Morgan fingerprint density at radius 3 is 1.95 bits per heavy atom. The van der Waals surface area contributed by atoms with Crippen molar-refractivity contribution in [2.75, 3.05) is 10.4 Å². The standard InChI is InChI=1S/C74H50N8O2/c75-71(77-73(48-17-2-1-3-18-48)79-81-59-28-12-26-57-55-24-6-8-32-63(55)83-65-34-14-30-61(81)69(65)67(57)59)47-39-36-46(37-40-47)50-20-10-21-51(42-50)52-22-11-23-54(44-52)74(78-72(76)53-41-38-45-16-4-5-19-49(45)43-53)80-82-60-29-13-27-58-56-25-7-9-33-64(56)84-66-35-15-31-62(82)70(66)68(58)60/h1-44,61,69H,(H2,75,77,79)(H2,76,78,80). The maximum atomic E-state index is 9.53. The van der Waals surface area contributed by atoms with Gasteiger partial charge >= 0.3 is 0 Å². The minimum atomic E-state index is -0.0963. The van der Waals surface area contributed by atoms with E-state index in [1.54, 1.807) is 0 Å². The number of hydrogen-bond acceptors (Lipinski definition) is 5. The van der Waals surface area contributed by atoms with Crippen molar-refractivity contribution in [2.45, 2.75) is 12.0 Å². The van der Waals surface area contributed by atoms with Crippen molar-refractivity contribution in [1.29, 1.82) is 10.8 Å². The summed E-state index contributed by atoms with van der Waals surface area (Å²) in [6.07, 6.45) is 6.36. The average molecular weight is 1080 g/mol. The highest BCUT2D eigenvalue weighted by Crippen LogP contribution is 2.54. The molecule has 0 spiro atoms. The summed E-state index contributed by atoms with van der Waals surface area (Å²) < 4.78 is 15.4. The van der Waals surface area contributed by atoms with Gasteiger partial charge in [0.15, 0.2) is 23.3 Å². The maximum absolute atomic E-state index is 9.53. The van der Waals surface area contributed by atoms with Crippen LogP contribution in [0.25, 0.3) is 87.9 Å². The van der Waals surface area contributed by atoms with Crippen molar-refractivity contribution in [3.05, 3.63) is 301 Å². The predicted molar refractivity (Wildman–Crippen MR) is 342 cm³/mol. The first-order valence-electron chi connectivity index (χ1n) is 28.1. The van der Waals surface area contributed by atoms with Crippen LogP contribution in [0.3, 0.4) is 0 Å². The van der Waals surface area contributed by atoms with Crippen molar-refractivity contribution in [3.8, 4) is 39.1 Å². The van der Waals surface area contributed by atoms with E-state index in [1.807, 2.05) is 127 Å². The van der Waals surface area contributed by atoms with E-state index in [4.69, 9.17) is 19.1 Å². The Labute approximate surface area is 483 Å². The van der Waals surface area contributed by atoms with Crippen molar-refractivity contribution in [3.63, 3.8) is 0 Å². The minimum absolute atomic E-state index is 0.0350. The molecule has 0 amide bonds. The van der Waals surface area contributed by atoms with E-state index in [2.05, 4.69) is 160 Å². The molecular formula is C74H50N8O2. The lowest BCUT2D eigenvalue weighted by Gasteiger charge is -2.32. The van der Waals surface area contributed by atoms with E-state index in [9.17, 15) is 10.8 Å². The van der Waals surface area contributed by atoms with Crippen LogP contribution in [-0.2, 0) is 0 Å². The molecule has 2 atom stereocenters. The monoisotopic (exact) mass is 1080 g/mol. The summed E-state index contributed by atoms with van der Waals surface area (Å²) in [5.74, 6) is 3.05. The number of anilines is 1. The number of amidine groups is 4. The van der Waals surface area contributed by atoms with E-state index < -0.39 is 0 Å². The fraction of sp³-hybridized carbons (Fsp3) is 0.0270. The van der Waals surface area contributed by atoms with Gasteiger partial charge in [0.1, 0.15) is 22.7 Å². The molecular weight excluding hydrogens is 1030 g/mol. The first-order valence-corrected chi connectivity index (χ1v) is 28.1. The third kappa shape index (κ3) is 8.18. The Morgan fingerprint density at radius 2 is 1.08 bits per heavy atom. The zero-order valence-electron chi connectivity index (χ0n) is 45.2. The number of aromatic nitrogens is 1. The third-order valence-corrected chi connectivity index (χ3v) is 16.5. The largest absolute Gasteiger partial charge is 0.460 e. The second kappa shape index (κ2) is 19.7. The molecule has 4 N–H and O–H groups in total. The summed E-state index contributed by atoms with van der Waals surface area (Å²) in [6, 6.07) is 84.4. The van der Waals surface area contributed by atoms with Crippen LogP contribution in [0.15, 0.2) is 287 Å². The van der Waals surface area contributed by atoms with Gasteiger partial charge in [-0.1, -0.05) is 206 Å². The van der Waals surface area contributed by atoms with Crippen LogP contribution in [0.1, 0.15) is 33.7 Å². The molecule has 0 fully saturated rings. The number of ether oxygens (including phenoxy) is 1. The maximum Gasteiger partial charge on any atom is 0.154 e. The van der Waals surface area contributed by atoms with Crippen LogP contribution >= 0.6 is 0 Å². The van der Waals surface area contributed by atoms with Gasteiger partial charge < -0.3 is 9.15 Å². The van der Waals surface area contributed by atoms with Gasteiger partial charge in [-0.2, -0.15) is 0 Å². The average Bonchev–Trinajstić information content (AvgIpc) is 2.33. The number of benzene rings is 11. The Morgan fingerprint density at radius 1 is 0.452 bits per heavy atom. The van der Waals surface area contributed by atoms with Crippen LogP contribution < -0.4 is 20.6 Å². The van der Waals surface area contributed by atoms with E-state index in [-0.39, 0.29) is 23.6 Å². The Kier molecular flexibility index (Phi) is 11.4. The topological polar surface area (TPSA) is 127 Å². The number of hydrogen-bond donors (Lipinski definition) is 4. The highest BCUT2D eigenvalue weighted by Gasteiger charge is 2.45. The summed E-state index contributed by atoms with van der Waals surface area (Å²) in [4.78, 5) is 10.2. The molecule has 0 saturated heterocycles. The molecule has 10 heteroatoms. The molecule has 2 aromatic heterocycles. The summed E-state index contributed by atoms with van der Waals surface area (Å²) in [5.41, 5.74) is 22.5. The lowest BCUT2D eigenvalue weighted by molar-refractivity contribution is 0.376. The number of allylic oxidation sites excluding steroid dienone is 2. The van der Waals surface area contributed by atoms with Crippen molar-refractivity contribution in [2.24, 2.45) is 9.98 Å². The van der Waals surface area contributed by atoms with Crippen LogP contribution in [0, 0.1) is 10.8 Å². The van der Waals surface area contributed by atoms with Crippen LogP contribution in [-0.4, -0.2) is 34.1 Å². The second-order valence-corrected chi connectivity index (χ2v) is 21.4. The van der Waals surface area contributed by atoms with E-state index in [0.29, 0.717) is 22.8 Å². The molecule has 4 heterocycles. The third-order valence-electron chi connectivity index (χ3n) is 16.5. The van der Waals surface area contributed by atoms with Crippen LogP contribution in [0.4, 0.5) is 5.69 Å². The highest BCUT2D eigenvalue weighted by atomic mass is 16.5. The molecule has 10 nitrogen and oxygen atoms in total. The molecule has 3 aliphatic rings. The van der Waals surface area contributed by atoms with Crippen LogP contribution in [0.5, 0.6) is 5.75 Å².